The summed E-state index contributed by atoms with van der Waals surface area (Å²) >= 11 is 1.66. The summed E-state index contributed by atoms with van der Waals surface area (Å²) in [6.45, 7) is 3.16. The highest BCUT2D eigenvalue weighted by atomic mass is 32.1. The molecule has 78 valence electrons. The van der Waals surface area contributed by atoms with Crippen LogP contribution >= 0.6 is 11.3 Å². The molecule has 1 unspecified atom stereocenters. The Morgan fingerprint density at radius 3 is 3.29 bits per heavy atom. The minimum atomic E-state index is 0.669. The molecule has 4 heteroatoms. The molecule has 1 aliphatic rings. The minimum Gasteiger partial charge on any atom is -0.313 e. The van der Waals surface area contributed by atoms with Crippen LogP contribution in [0.4, 0.5) is 0 Å². The van der Waals surface area contributed by atoms with Gasteiger partial charge in [0.2, 0.25) is 0 Å². The zero-order chi connectivity index (χ0) is 9.64. The van der Waals surface area contributed by atoms with E-state index in [-0.39, 0.29) is 0 Å². The van der Waals surface area contributed by atoms with E-state index in [1.54, 1.807) is 11.3 Å². The summed E-state index contributed by atoms with van der Waals surface area (Å²) in [6.07, 6.45) is 4.02. The van der Waals surface area contributed by atoms with E-state index in [1.165, 1.54) is 25.8 Å². The van der Waals surface area contributed by atoms with E-state index in [4.69, 9.17) is 0 Å². The van der Waals surface area contributed by atoms with E-state index in [0.717, 1.165) is 18.8 Å². The molecule has 2 N–H and O–H groups in total. The Bertz CT molecular complexity index is 242. The first-order valence-corrected chi connectivity index (χ1v) is 6.20. The van der Waals surface area contributed by atoms with E-state index in [0.29, 0.717) is 6.04 Å². The first kappa shape index (κ1) is 10.1. The van der Waals surface area contributed by atoms with Crippen LogP contribution < -0.4 is 10.6 Å². The molecular weight excluding hydrogens is 194 g/mol. The molecule has 0 aromatic carbocycles. The number of nitrogens with zero attached hydrogens (tertiary/aromatic N) is 1. The summed E-state index contributed by atoms with van der Waals surface area (Å²) in [6, 6.07) is 0.669. The normalized spacial score (nSPS) is 22.4. The number of hydrogen-bond acceptors (Lipinski definition) is 4. The molecule has 0 radical (unpaired) electrons. The summed E-state index contributed by atoms with van der Waals surface area (Å²) in [5.74, 6) is 0. The predicted octanol–water partition coefficient (Wildman–Crippen LogP) is 1.37. The Kier molecular flexibility index (Phi) is 3.91. The van der Waals surface area contributed by atoms with Crippen LogP contribution in [0.5, 0.6) is 0 Å². The molecule has 1 aromatic heterocycles. The lowest BCUT2D eigenvalue weighted by Gasteiger charge is -2.23. The van der Waals surface area contributed by atoms with Crippen LogP contribution in [0.25, 0.3) is 0 Å². The third kappa shape index (κ3) is 3.04. The number of nitrogens with one attached hydrogen (secondary N) is 2. The molecule has 0 bridgehead atoms. The van der Waals surface area contributed by atoms with Gasteiger partial charge in [-0.15, -0.1) is 11.3 Å². The van der Waals surface area contributed by atoms with E-state index < -0.39 is 0 Å². The highest BCUT2D eigenvalue weighted by Crippen LogP contribution is 2.06. The summed E-state index contributed by atoms with van der Waals surface area (Å²) in [5.41, 5.74) is 3.04. The third-order valence-corrected chi connectivity index (χ3v) is 3.23. The first-order valence-electron chi connectivity index (χ1n) is 5.26. The van der Waals surface area contributed by atoms with Gasteiger partial charge in [0.1, 0.15) is 0 Å². The van der Waals surface area contributed by atoms with Crippen LogP contribution in [0.3, 0.4) is 0 Å². The van der Waals surface area contributed by atoms with Crippen molar-refractivity contribution in [1.82, 2.24) is 15.6 Å². The molecule has 0 amide bonds. The van der Waals surface area contributed by atoms with Crippen molar-refractivity contribution >= 4 is 11.3 Å². The largest absolute Gasteiger partial charge is 0.313 e. The summed E-state index contributed by atoms with van der Waals surface area (Å²) < 4.78 is 0. The van der Waals surface area contributed by atoms with Gasteiger partial charge in [0.25, 0.3) is 0 Å². The van der Waals surface area contributed by atoms with Crippen molar-refractivity contribution in [3.63, 3.8) is 0 Å². The van der Waals surface area contributed by atoms with Crippen LogP contribution in [0, 0.1) is 0 Å². The second kappa shape index (κ2) is 5.44. The monoisotopic (exact) mass is 211 g/mol. The summed E-state index contributed by atoms with van der Waals surface area (Å²) in [5, 5.41) is 9.06. The lowest BCUT2D eigenvalue weighted by Crippen LogP contribution is -2.41. The SMILES string of the molecule is c1nc(CNCC2CCCCN2)cs1. The molecule has 0 saturated carbocycles. The van der Waals surface area contributed by atoms with Crippen LogP contribution in [-0.4, -0.2) is 24.1 Å². The molecule has 2 rings (SSSR count). The van der Waals surface area contributed by atoms with Gasteiger partial charge < -0.3 is 10.6 Å². The number of rotatable bonds is 4. The van der Waals surface area contributed by atoms with Gasteiger partial charge in [-0.3, -0.25) is 0 Å². The Hall–Kier alpha value is -0.450. The van der Waals surface area contributed by atoms with Crippen LogP contribution in [0.1, 0.15) is 25.0 Å². The van der Waals surface area contributed by atoms with Crippen molar-refractivity contribution in [3.05, 3.63) is 16.6 Å². The van der Waals surface area contributed by atoms with Crippen LogP contribution in [0.15, 0.2) is 10.9 Å². The van der Waals surface area contributed by atoms with Gasteiger partial charge >= 0.3 is 0 Å². The Morgan fingerprint density at radius 2 is 2.57 bits per heavy atom. The average molecular weight is 211 g/mol. The second-order valence-electron chi connectivity index (χ2n) is 3.76. The number of thiazole rings is 1. The maximum Gasteiger partial charge on any atom is 0.0795 e. The van der Waals surface area contributed by atoms with E-state index in [1.807, 2.05) is 5.51 Å². The van der Waals surface area contributed by atoms with Crippen molar-refractivity contribution in [2.75, 3.05) is 13.1 Å². The maximum absolute atomic E-state index is 4.23. The molecular formula is C10H17N3S. The van der Waals surface area contributed by atoms with Gasteiger partial charge in [-0.1, -0.05) is 6.42 Å². The molecule has 0 spiro atoms. The zero-order valence-electron chi connectivity index (χ0n) is 8.33. The lowest BCUT2D eigenvalue weighted by molar-refractivity contribution is 0.383. The standard InChI is InChI=1S/C10H17N3S/c1-2-4-12-9(3-1)5-11-6-10-7-14-8-13-10/h7-9,11-12H,1-6H2. The predicted molar refractivity (Wildman–Crippen MR) is 59.5 cm³/mol. The molecule has 1 saturated heterocycles. The van der Waals surface area contributed by atoms with E-state index >= 15 is 0 Å². The van der Waals surface area contributed by atoms with E-state index in [2.05, 4.69) is 21.0 Å². The number of piperidine rings is 1. The zero-order valence-corrected chi connectivity index (χ0v) is 9.15. The quantitative estimate of drug-likeness (QED) is 0.790. The highest BCUT2D eigenvalue weighted by Gasteiger charge is 2.11. The van der Waals surface area contributed by atoms with E-state index in [9.17, 15) is 0 Å². The fourth-order valence-electron chi connectivity index (χ4n) is 1.80. The topological polar surface area (TPSA) is 37.0 Å². The fraction of sp³-hybridized carbons (Fsp3) is 0.700. The van der Waals surface area contributed by atoms with Crippen molar-refractivity contribution < 1.29 is 0 Å². The van der Waals surface area contributed by atoms with Crippen molar-refractivity contribution in [3.8, 4) is 0 Å². The Morgan fingerprint density at radius 1 is 1.57 bits per heavy atom. The molecule has 14 heavy (non-hydrogen) atoms. The minimum absolute atomic E-state index is 0.669. The number of aromatic nitrogens is 1. The molecule has 1 atom stereocenters. The summed E-state index contributed by atoms with van der Waals surface area (Å²) in [4.78, 5) is 4.23. The second-order valence-corrected chi connectivity index (χ2v) is 4.48. The van der Waals surface area contributed by atoms with Gasteiger partial charge in [0.15, 0.2) is 0 Å². The fourth-order valence-corrected chi connectivity index (χ4v) is 2.36. The van der Waals surface area contributed by atoms with Gasteiger partial charge in [-0.05, 0) is 19.4 Å². The maximum atomic E-state index is 4.23. The van der Waals surface area contributed by atoms with Crippen molar-refractivity contribution in [2.24, 2.45) is 0 Å². The smallest absolute Gasteiger partial charge is 0.0795 e. The van der Waals surface area contributed by atoms with Gasteiger partial charge in [0, 0.05) is 24.5 Å². The van der Waals surface area contributed by atoms with Crippen molar-refractivity contribution in [2.45, 2.75) is 31.8 Å². The molecule has 1 aromatic rings. The summed E-state index contributed by atoms with van der Waals surface area (Å²) in [7, 11) is 0. The first-order chi connectivity index (χ1) is 6.95. The Balaban J connectivity index is 1.62. The van der Waals surface area contributed by atoms with Crippen LogP contribution in [0.2, 0.25) is 0 Å². The molecule has 3 nitrogen and oxygen atoms in total. The van der Waals surface area contributed by atoms with Crippen molar-refractivity contribution in [1.29, 1.82) is 0 Å². The Labute approximate surface area is 88.9 Å². The third-order valence-electron chi connectivity index (χ3n) is 2.59. The van der Waals surface area contributed by atoms with Gasteiger partial charge in [-0.25, -0.2) is 4.98 Å². The lowest BCUT2D eigenvalue weighted by atomic mass is 10.1. The number of hydrogen-bond donors (Lipinski definition) is 2. The van der Waals surface area contributed by atoms with Gasteiger partial charge in [-0.2, -0.15) is 0 Å². The molecule has 2 heterocycles. The van der Waals surface area contributed by atoms with Crippen LogP contribution in [-0.2, 0) is 6.54 Å². The average Bonchev–Trinajstić information content (AvgIpc) is 2.72. The van der Waals surface area contributed by atoms with Gasteiger partial charge in [0.05, 0.1) is 11.2 Å². The highest BCUT2D eigenvalue weighted by molar-refractivity contribution is 7.07. The molecule has 0 aliphatic carbocycles. The molecule has 1 fully saturated rings. The molecule has 1 aliphatic heterocycles.